The number of ether oxygens (including phenoxy) is 3. The van der Waals surface area contributed by atoms with E-state index in [1.165, 1.54) is 6.33 Å². The largest absolute Gasteiger partial charge is 0.497 e. The SMILES string of the molecule is COCCNc1cc(Nc2cc(OC)ccc2OC)ncn1. The van der Waals surface area contributed by atoms with Crippen LogP contribution in [0.5, 0.6) is 11.5 Å². The molecule has 0 aliphatic carbocycles. The zero-order valence-corrected chi connectivity index (χ0v) is 12.9. The molecule has 0 spiro atoms. The van der Waals surface area contributed by atoms with Gasteiger partial charge < -0.3 is 24.8 Å². The van der Waals surface area contributed by atoms with Gasteiger partial charge in [-0.15, -0.1) is 0 Å². The maximum absolute atomic E-state index is 5.33. The number of aromatic nitrogens is 2. The van der Waals surface area contributed by atoms with Crippen LogP contribution in [0, 0.1) is 0 Å². The van der Waals surface area contributed by atoms with E-state index < -0.39 is 0 Å². The van der Waals surface area contributed by atoms with Crippen molar-refractivity contribution in [2.45, 2.75) is 0 Å². The second kappa shape index (κ2) is 8.04. The molecule has 0 unspecified atom stereocenters. The number of nitrogens with one attached hydrogen (secondary N) is 2. The molecule has 2 rings (SSSR count). The van der Waals surface area contributed by atoms with Gasteiger partial charge in [0, 0.05) is 25.8 Å². The zero-order valence-electron chi connectivity index (χ0n) is 12.9. The van der Waals surface area contributed by atoms with Gasteiger partial charge in [0.05, 0.1) is 26.5 Å². The summed E-state index contributed by atoms with van der Waals surface area (Å²) >= 11 is 0. The Kier molecular flexibility index (Phi) is 5.79. The van der Waals surface area contributed by atoms with Gasteiger partial charge in [-0.25, -0.2) is 9.97 Å². The van der Waals surface area contributed by atoms with Crippen LogP contribution in [0.2, 0.25) is 0 Å². The Hall–Kier alpha value is -2.54. The first-order valence-corrected chi connectivity index (χ1v) is 6.80. The molecule has 0 saturated carbocycles. The molecule has 0 radical (unpaired) electrons. The maximum Gasteiger partial charge on any atom is 0.142 e. The first-order valence-electron chi connectivity index (χ1n) is 6.80. The first kappa shape index (κ1) is 15.8. The van der Waals surface area contributed by atoms with Crippen molar-refractivity contribution in [3.8, 4) is 11.5 Å². The van der Waals surface area contributed by atoms with Crippen molar-refractivity contribution in [1.82, 2.24) is 9.97 Å². The van der Waals surface area contributed by atoms with Gasteiger partial charge in [0.1, 0.15) is 29.5 Å². The highest BCUT2D eigenvalue weighted by Gasteiger charge is 2.07. The second-order valence-corrected chi connectivity index (χ2v) is 4.40. The highest BCUT2D eigenvalue weighted by Crippen LogP contribution is 2.31. The lowest BCUT2D eigenvalue weighted by Gasteiger charge is -2.12. The van der Waals surface area contributed by atoms with Gasteiger partial charge in [0.2, 0.25) is 0 Å². The van der Waals surface area contributed by atoms with Crippen LogP contribution in [-0.2, 0) is 4.74 Å². The standard InChI is InChI=1S/C15H20N4O3/c1-20-7-6-16-14-9-15(18-10-17-14)19-12-8-11(21-2)4-5-13(12)22-3/h4-5,8-10H,6-7H2,1-3H3,(H2,16,17,18,19). The summed E-state index contributed by atoms with van der Waals surface area (Å²) < 4.78 is 15.6. The topological polar surface area (TPSA) is 77.5 Å². The number of hydrogen-bond acceptors (Lipinski definition) is 7. The van der Waals surface area contributed by atoms with Gasteiger partial charge in [-0.2, -0.15) is 0 Å². The summed E-state index contributed by atoms with van der Waals surface area (Å²) in [6.45, 7) is 1.28. The van der Waals surface area contributed by atoms with Crippen LogP contribution in [-0.4, -0.2) is 44.4 Å². The van der Waals surface area contributed by atoms with E-state index in [0.717, 1.165) is 17.3 Å². The molecule has 118 valence electrons. The van der Waals surface area contributed by atoms with E-state index in [1.54, 1.807) is 21.3 Å². The predicted molar refractivity (Wildman–Crippen MR) is 85.2 cm³/mol. The molecule has 0 saturated heterocycles. The molecule has 0 bridgehead atoms. The molecule has 22 heavy (non-hydrogen) atoms. The van der Waals surface area contributed by atoms with Gasteiger partial charge in [-0.05, 0) is 12.1 Å². The van der Waals surface area contributed by atoms with E-state index in [9.17, 15) is 0 Å². The minimum atomic E-state index is 0.608. The van der Waals surface area contributed by atoms with E-state index in [4.69, 9.17) is 14.2 Å². The number of benzene rings is 1. The van der Waals surface area contributed by atoms with Crippen LogP contribution >= 0.6 is 0 Å². The van der Waals surface area contributed by atoms with Crippen molar-refractivity contribution in [3.05, 3.63) is 30.6 Å². The lowest BCUT2D eigenvalue weighted by Crippen LogP contribution is -2.09. The lowest BCUT2D eigenvalue weighted by molar-refractivity contribution is 0.210. The molecule has 2 N–H and O–H groups in total. The Morgan fingerprint density at radius 3 is 2.55 bits per heavy atom. The average molecular weight is 304 g/mol. The fraction of sp³-hybridized carbons (Fsp3) is 0.333. The van der Waals surface area contributed by atoms with Crippen LogP contribution in [0.3, 0.4) is 0 Å². The number of rotatable bonds is 8. The van der Waals surface area contributed by atoms with Crippen molar-refractivity contribution < 1.29 is 14.2 Å². The van der Waals surface area contributed by atoms with Crippen LogP contribution in [0.25, 0.3) is 0 Å². The molecule has 0 amide bonds. The summed E-state index contributed by atoms with van der Waals surface area (Å²) in [5.41, 5.74) is 0.767. The van der Waals surface area contributed by atoms with Crippen molar-refractivity contribution in [3.63, 3.8) is 0 Å². The van der Waals surface area contributed by atoms with E-state index in [2.05, 4.69) is 20.6 Å². The Labute approximate surface area is 129 Å². The molecule has 7 nitrogen and oxygen atoms in total. The monoisotopic (exact) mass is 304 g/mol. The van der Waals surface area contributed by atoms with Crippen molar-refractivity contribution in [2.75, 3.05) is 45.1 Å². The first-order chi connectivity index (χ1) is 10.8. The molecule has 1 heterocycles. The fourth-order valence-corrected chi connectivity index (χ4v) is 1.85. The molecule has 1 aromatic carbocycles. The average Bonchev–Trinajstić information content (AvgIpc) is 2.55. The van der Waals surface area contributed by atoms with Gasteiger partial charge in [0.25, 0.3) is 0 Å². The summed E-state index contributed by atoms with van der Waals surface area (Å²) in [5, 5.41) is 6.35. The Bertz CT molecular complexity index is 607. The predicted octanol–water partition coefficient (Wildman–Crippen LogP) is 2.30. The van der Waals surface area contributed by atoms with Gasteiger partial charge in [-0.1, -0.05) is 0 Å². The zero-order chi connectivity index (χ0) is 15.8. The molecular formula is C15H20N4O3. The van der Waals surface area contributed by atoms with Crippen LogP contribution in [0.4, 0.5) is 17.3 Å². The van der Waals surface area contributed by atoms with Crippen molar-refractivity contribution >= 4 is 17.3 Å². The number of anilines is 3. The third-order valence-electron chi connectivity index (χ3n) is 2.95. The quantitative estimate of drug-likeness (QED) is 0.724. The fourth-order valence-electron chi connectivity index (χ4n) is 1.85. The number of nitrogens with zero attached hydrogens (tertiary/aromatic N) is 2. The van der Waals surface area contributed by atoms with E-state index in [1.807, 2.05) is 24.3 Å². The third kappa shape index (κ3) is 4.23. The summed E-state index contributed by atoms with van der Waals surface area (Å²) in [6.07, 6.45) is 1.49. The molecule has 0 aliphatic rings. The van der Waals surface area contributed by atoms with Gasteiger partial charge in [0.15, 0.2) is 0 Å². The molecule has 0 fully saturated rings. The Morgan fingerprint density at radius 1 is 1.00 bits per heavy atom. The molecular weight excluding hydrogens is 284 g/mol. The van der Waals surface area contributed by atoms with Crippen molar-refractivity contribution in [2.24, 2.45) is 0 Å². The van der Waals surface area contributed by atoms with Crippen molar-refractivity contribution in [1.29, 1.82) is 0 Å². The maximum atomic E-state index is 5.33. The third-order valence-corrected chi connectivity index (χ3v) is 2.95. The second-order valence-electron chi connectivity index (χ2n) is 4.40. The van der Waals surface area contributed by atoms with Crippen LogP contribution < -0.4 is 20.1 Å². The highest BCUT2D eigenvalue weighted by atomic mass is 16.5. The molecule has 0 aliphatic heterocycles. The van der Waals surface area contributed by atoms with E-state index in [-0.39, 0.29) is 0 Å². The Morgan fingerprint density at radius 2 is 1.82 bits per heavy atom. The van der Waals surface area contributed by atoms with Crippen LogP contribution in [0.1, 0.15) is 0 Å². The van der Waals surface area contributed by atoms with E-state index >= 15 is 0 Å². The molecule has 0 atom stereocenters. The highest BCUT2D eigenvalue weighted by molar-refractivity contribution is 5.67. The molecule has 7 heteroatoms. The Balaban J connectivity index is 2.14. The smallest absolute Gasteiger partial charge is 0.142 e. The van der Waals surface area contributed by atoms with Gasteiger partial charge in [-0.3, -0.25) is 0 Å². The number of hydrogen-bond donors (Lipinski definition) is 2. The number of methoxy groups -OCH3 is 3. The van der Waals surface area contributed by atoms with Crippen LogP contribution in [0.15, 0.2) is 30.6 Å². The van der Waals surface area contributed by atoms with E-state index in [0.29, 0.717) is 24.7 Å². The molecule has 2 aromatic rings. The van der Waals surface area contributed by atoms with Gasteiger partial charge >= 0.3 is 0 Å². The summed E-state index contributed by atoms with van der Waals surface area (Å²) in [4.78, 5) is 8.36. The minimum Gasteiger partial charge on any atom is -0.497 e. The normalized spacial score (nSPS) is 10.1. The molecule has 1 aromatic heterocycles. The minimum absolute atomic E-state index is 0.608. The summed E-state index contributed by atoms with van der Waals surface area (Å²) in [5.74, 6) is 2.81. The summed E-state index contributed by atoms with van der Waals surface area (Å²) in [7, 11) is 4.89. The summed E-state index contributed by atoms with van der Waals surface area (Å²) in [6, 6.07) is 7.33. The lowest BCUT2D eigenvalue weighted by atomic mass is 10.2.